The number of nitrogens with zero attached hydrogens (tertiary/aromatic N) is 1. The van der Waals surface area contributed by atoms with Crippen molar-refractivity contribution in [2.24, 2.45) is 0 Å². The van der Waals surface area contributed by atoms with Gasteiger partial charge in [-0.25, -0.2) is 0 Å². The number of fused-ring (bicyclic) bond motifs is 1. The first-order valence-corrected chi connectivity index (χ1v) is 7.23. The second kappa shape index (κ2) is 5.83. The Morgan fingerprint density at radius 3 is 2.67 bits per heavy atom. The predicted octanol–water partition coefficient (Wildman–Crippen LogP) is 4.38. The van der Waals surface area contributed by atoms with Crippen LogP contribution in [-0.2, 0) is 0 Å². The lowest BCUT2D eigenvalue weighted by Gasteiger charge is -2.20. The molecule has 0 aliphatic carbocycles. The van der Waals surface area contributed by atoms with Gasteiger partial charge in [-0.3, -0.25) is 4.98 Å². The molecule has 3 rings (SSSR count). The number of hydrogen-bond acceptors (Lipinski definition) is 3. The summed E-state index contributed by atoms with van der Waals surface area (Å²) in [6, 6.07) is 16.7. The summed E-state index contributed by atoms with van der Waals surface area (Å²) in [4.78, 5) is 4.13. The van der Waals surface area contributed by atoms with Gasteiger partial charge in [-0.1, -0.05) is 43.3 Å². The lowest BCUT2D eigenvalue weighted by Crippen LogP contribution is -2.11. The maximum Gasteiger partial charge on any atom is 0.0630 e. The van der Waals surface area contributed by atoms with Gasteiger partial charge < -0.3 is 11.1 Å². The minimum atomic E-state index is 0.257. The number of aromatic nitrogens is 1. The minimum absolute atomic E-state index is 0.257. The number of pyridine rings is 1. The van der Waals surface area contributed by atoms with E-state index in [4.69, 9.17) is 5.73 Å². The van der Waals surface area contributed by atoms with E-state index in [1.54, 1.807) is 6.20 Å². The Balaban J connectivity index is 1.95. The molecule has 2 aromatic carbocycles. The molecule has 0 aliphatic rings. The van der Waals surface area contributed by atoms with Gasteiger partial charge in [-0.2, -0.15) is 0 Å². The molecule has 1 heterocycles. The highest BCUT2D eigenvalue weighted by molar-refractivity contribution is 5.98. The number of nitrogens with two attached hydrogens (primary N) is 1. The average molecular weight is 277 g/mol. The van der Waals surface area contributed by atoms with Crippen molar-refractivity contribution in [2.75, 3.05) is 11.1 Å². The summed E-state index contributed by atoms with van der Waals surface area (Å²) < 4.78 is 0. The Hall–Kier alpha value is -2.55. The standard InChI is InChI=1S/C18H19N3/c1-2-16(13-6-4-3-5-7-13)21-17-9-8-14-12-20-11-10-15(14)18(17)19/h3-12,16,21H,2,19H2,1H3. The predicted molar refractivity (Wildman–Crippen MR) is 89.3 cm³/mol. The second-order valence-electron chi connectivity index (χ2n) is 5.14. The minimum Gasteiger partial charge on any atom is -0.397 e. The Morgan fingerprint density at radius 1 is 1.10 bits per heavy atom. The molecule has 0 radical (unpaired) electrons. The molecule has 1 aromatic heterocycles. The van der Waals surface area contributed by atoms with E-state index < -0.39 is 0 Å². The Bertz CT molecular complexity index is 738. The third-order valence-corrected chi connectivity index (χ3v) is 3.80. The highest BCUT2D eigenvalue weighted by Crippen LogP contribution is 2.31. The van der Waals surface area contributed by atoms with Crippen LogP contribution in [0.15, 0.2) is 60.9 Å². The number of anilines is 2. The van der Waals surface area contributed by atoms with Gasteiger partial charge in [0.2, 0.25) is 0 Å². The summed E-state index contributed by atoms with van der Waals surface area (Å²) in [5, 5.41) is 5.66. The average Bonchev–Trinajstić information content (AvgIpc) is 2.55. The van der Waals surface area contributed by atoms with Crippen LogP contribution in [0.4, 0.5) is 11.4 Å². The van der Waals surface area contributed by atoms with E-state index in [0.717, 1.165) is 28.6 Å². The van der Waals surface area contributed by atoms with Crippen LogP contribution in [0, 0.1) is 0 Å². The third kappa shape index (κ3) is 2.68. The fourth-order valence-electron chi connectivity index (χ4n) is 2.61. The molecular weight excluding hydrogens is 258 g/mol. The largest absolute Gasteiger partial charge is 0.397 e. The second-order valence-corrected chi connectivity index (χ2v) is 5.14. The zero-order chi connectivity index (χ0) is 14.7. The van der Waals surface area contributed by atoms with E-state index in [2.05, 4.69) is 47.6 Å². The highest BCUT2D eigenvalue weighted by atomic mass is 14.9. The van der Waals surface area contributed by atoms with E-state index in [0.29, 0.717) is 0 Å². The quantitative estimate of drug-likeness (QED) is 0.696. The summed E-state index contributed by atoms with van der Waals surface area (Å²) in [5.41, 5.74) is 9.34. The van der Waals surface area contributed by atoms with Crippen LogP contribution in [-0.4, -0.2) is 4.98 Å². The Kier molecular flexibility index (Phi) is 3.73. The van der Waals surface area contributed by atoms with Crippen LogP contribution < -0.4 is 11.1 Å². The van der Waals surface area contributed by atoms with Crippen LogP contribution in [0.3, 0.4) is 0 Å². The fraction of sp³-hybridized carbons (Fsp3) is 0.167. The van der Waals surface area contributed by atoms with Gasteiger partial charge in [0.05, 0.1) is 17.4 Å². The maximum absolute atomic E-state index is 6.31. The summed E-state index contributed by atoms with van der Waals surface area (Å²) in [5.74, 6) is 0. The molecule has 3 aromatic rings. The monoisotopic (exact) mass is 277 g/mol. The molecule has 21 heavy (non-hydrogen) atoms. The van der Waals surface area contributed by atoms with E-state index in [-0.39, 0.29) is 6.04 Å². The number of nitrogen functional groups attached to an aromatic ring is 1. The molecule has 1 atom stereocenters. The summed E-state index contributed by atoms with van der Waals surface area (Å²) in [7, 11) is 0. The molecule has 0 aliphatic heterocycles. The van der Waals surface area contributed by atoms with Gasteiger partial charge in [0.15, 0.2) is 0 Å². The topological polar surface area (TPSA) is 50.9 Å². The Labute approximate surface area is 124 Å². The van der Waals surface area contributed by atoms with Crippen molar-refractivity contribution < 1.29 is 0 Å². The van der Waals surface area contributed by atoms with Crippen LogP contribution in [0.25, 0.3) is 10.8 Å². The van der Waals surface area contributed by atoms with Crippen molar-refractivity contribution in [3.8, 4) is 0 Å². The SMILES string of the molecule is CCC(Nc1ccc2cnccc2c1N)c1ccccc1. The molecule has 3 heteroatoms. The molecule has 0 amide bonds. The molecule has 0 saturated carbocycles. The Morgan fingerprint density at radius 2 is 1.90 bits per heavy atom. The summed E-state index contributed by atoms with van der Waals surface area (Å²) >= 11 is 0. The first kappa shape index (κ1) is 13.4. The lowest BCUT2D eigenvalue weighted by molar-refractivity contribution is 0.750. The van der Waals surface area contributed by atoms with Crippen LogP contribution in [0.2, 0.25) is 0 Å². The van der Waals surface area contributed by atoms with Gasteiger partial charge in [-0.15, -0.1) is 0 Å². The fourth-order valence-corrected chi connectivity index (χ4v) is 2.61. The normalized spacial score (nSPS) is 12.2. The van der Waals surface area contributed by atoms with Gasteiger partial charge >= 0.3 is 0 Å². The molecule has 0 bridgehead atoms. The molecule has 1 unspecified atom stereocenters. The first-order valence-electron chi connectivity index (χ1n) is 7.23. The van der Waals surface area contributed by atoms with Crippen LogP contribution >= 0.6 is 0 Å². The van der Waals surface area contributed by atoms with Crippen LogP contribution in [0.1, 0.15) is 24.9 Å². The molecule has 0 spiro atoms. The van der Waals surface area contributed by atoms with E-state index in [9.17, 15) is 0 Å². The van der Waals surface area contributed by atoms with Crippen LogP contribution in [0.5, 0.6) is 0 Å². The molecule has 0 saturated heterocycles. The van der Waals surface area contributed by atoms with E-state index in [1.807, 2.05) is 24.4 Å². The van der Waals surface area contributed by atoms with Crippen molar-refractivity contribution in [3.05, 3.63) is 66.5 Å². The van der Waals surface area contributed by atoms with Crippen molar-refractivity contribution in [2.45, 2.75) is 19.4 Å². The zero-order valence-electron chi connectivity index (χ0n) is 12.1. The maximum atomic E-state index is 6.31. The third-order valence-electron chi connectivity index (χ3n) is 3.80. The molecule has 106 valence electrons. The first-order chi connectivity index (χ1) is 10.3. The lowest BCUT2D eigenvalue weighted by atomic mass is 10.0. The van der Waals surface area contributed by atoms with E-state index >= 15 is 0 Å². The van der Waals surface area contributed by atoms with Crippen molar-refractivity contribution >= 4 is 22.1 Å². The van der Waals surface area contributed by atoms with Gasteiger partial charge in [0, 0.05) is 23.2 Å². The number of benzene rings is 2. The van der Waals surface area contributed by atoms with Gasteiger partial charge in [0.1, 0.15) is 0 Å². The highest BCUT2D eigenvalue weighted by Gasteiger charge is 2.11. The number of nitrogens with one attached hydrogen (secondary N) is 1. The number of rotatable bonds is 4. The summed E-state index contributed by atoms with van der Waals surface area (Å²) in [6.45, 7) is 2.17. The molecule has 0 fully saturated rings. The number of hydrogen-bond donors (Lipinski definition) is 2. The van der Waals surface area contributed by atoms with Crippen molar-refractivity contribution in [1.29, 1.82) is 0 Å². The molecule has 3 nitrogen and oxygen atoms in total. The van der Waals surface area contributed by atoms with Crippen molar-refractivity contribution in [3.63, 3.8) is 0 Å². The van der Waals surface area contributed by atoms with E-state index in [1.165, 1.54) is 5.56 Å². The summed E-state index contributed by atoms with van der Waals surface area (Å²) in [6.07, 6.45) is 4.61. The van der Waals surface area contributed by atoms with Crippen molar-refractivity contribution in [1.82, 2.24) is 4.98 Å². The van der Waals surface area contributed by atoms with Gasteiger partial charge in [-0.05, 0) is 24.1 Å². The molecule has 3 N–H and O–H groups in total. The zero-order valence-corrected chi connectivity index (χ0v) is 12.1. The van der Waals surface area contributed by atoms with Gasteiger partial charge in [0.25, 0.3) is 0 Å². The molecular formula is C18H19N3. The smallest absolute Gasteiger partial charge is 0.0630 e.